The molecule has 0 saturated carbocycles. The van der Waals surface area contributed by atoms with E-state index in [0.717, 1.165) is 17.0 Å². The first-order valence-electron chi connectivity index (χ1n) is 4.20. The maximum Gasteiger partial charge on any atom is 0.219 e. The van der Waals surface area contributed by atoms with Crippen LogP contribution in [0.25, 0.3) is 0 Å². The van der Waals surface area contributed by atoms with Crippen LogP contribution in [0.4, 0.5) is 0 Å². The summed E-state index contributed by atoms with van der Waals surface area (Å²) in [5, 5.41) is 0. The summed E-state index contributed by atoms with van der Waals surface area (Å²) in [6.45, 7) is 3.91. The zero-order valence-corrected chi connectivity index (χ0v) is 7.92. The number of hydrogen-bond acceptors (Lipinski definition) is 2. The summed E-state index contributed by atoms with van der Waals surface area (Å²) < 4.78 is 0. The summed E-state index contributed by atoms with van der Waals surface area (Å²) in [6.07, 6.45) is 0.181. The first-order valence-corrected chi connectivity index (χ1v) is 4.20. The van der Waals surface area contributed by atoms with Gasteiger partial charge in [0.15, 0.2) is 0 Å². The highest BCUT2D eigenvalue weighted by atomic mass is 16.1. The highest BCUT2D eigenvalue weighted by Gasteiger charge is 2.13. The fourth-order valence-corrected chi connectivity index (χ4v) is 1.45. The molecular weight excluding hydrogens is 166 g/mol. The number of carbonyl (C=O) groups is 1. The number of rotatable bonds is 3. The van der Waals surface area contributed by atoms with Gasteiger partial charge < -0.3 is 16.5 Å². The molecule has 72 valence electrons. The van der Waals surface area contributed by atoms with Crippen LogP contribution in [0.3, 0.4) is 0 Å². The van der Waals surface area contributed by atoms with Crippen molar-refractivity contribution >= 4 is 5.91 Å². The Morgan fingerprint density at radius 1 is 1.62 bits per heavy atom. The van der Waals surface area contributed by atoms with Crippen LogP contribution in [0.5, 0.6) is 0 Å². The van der Waals surface area contributed by atoms with Crippen LogP contribution in [0.15, 0.2) is 6.07 Å². The zero-order chi connectivity index (χ0) is 10.0. The molecule has 0 saturated heterocycles. The van der Waals surface area contributed by atoms with Crippen molar-refractivity contribution in [1.29, 1.82) is 0 Å². The van der Waals surface area contributed by atoms with Gasteiger partial charge in [-0.25, -0.2) is 0 Å². The molecule has 1 atom stereocenters. The lowest BCUT2D eigenvalue weighted by molar-refractivity contribution is -0.118. The number of H-pyrrole nitrogens is 1. The van der Waals surface area contributed by atoms with E-state index in [1.54, 1.807) is 0 Å². The maximum absolute atomic E-state index is 10.6. The smallest absolute Gasteiger partial charge is 0.219 e. The summed E-state index contributed by atoms with van der Waals surface area (Å²) in [5.74, 6) is -0.376. The van der Waals surface area contributed by atoms with Crippen molar-refractivity contribution < 1.29 is 4.79 Å². The number of primary amides is 1. The normalized spacial score (nSPS) is 12.8. The number of aromatic nitrogens is 1. The Morgan fingerprint density at radius 3 is 2.62 bits per heavy atom. The number of amides is 1. The van der Waals surface area contributed by atoms with Gasteiger partial charge in [-0.1, -0.05) is 0 Å². The lowest BCUT2D eigenvalue weighted by Crippen LogP contribution is -2.21. The molecule has 1 unspecified atom stereocenters. The first kappa shape index (κ1) is 9.80. The average Bonchev–Trinajstić information content (AvgIpc) is 2.28. The number of nitrogens with one attached hydrogen (secondary N) is 1. The van der Waals surface area contributed by atoms with Crippen molar-refractivity contribution in [2.45, 2.75) is 26.3 Å². The van der Waals surface area contributed by atoms with Crippen LogP contribution in [0.2, 0.25) is 0 Å². The molecule has 1 aromatic heterocycles. The van der Waals surface area contributed by atoms with Gasteiger partial charge in [0.25, 0.3) is 0 Å². The van der Waals surface area contributed by atoms with Crippen LogP contribution < -0.4 is 11.5 Å². The number of aromatic amines is 1. The van der Waals surface area contributed by atoms with E-state index in [2.05, 4.69) is 4.98 Å². The second-order valence-corrected chi connectivity index (χ2v) is 3.33. The Hall–Kier alpha value is -1.29. The van der Waals surface area contributed by atoms with Gasteiger partial charge in [0.1, 0.15) is 0 Å². The highest BCUT2D eigenvalue weighted by molar-refractivity contribution is 5.74. The summed E-state index contributed by atoms with van der Waals surface area (Å²) in [6, 6.07) is 1.68. The molecule has 1 heterocycles. The van der Waals surface area contributed by atoms with E-state index in [1.807, 2.05) is 19.9 Å². The Labute approximate surface area is 77.3 Å². The largest absolute Gasteiger partial charge is 0.370 e. The monoisotopic (exact) mass is 181 g/mol. The van der Waals surface area contributed by atoms with Gasteiger partial charge in [-0.15, -0.1) is 0 Å². The van der Waals surface area contributed by atoms with E-state index in [1.165, 1.54) is 0 Å². The van der Waals surface area contributed by atoms with Gasteiger partial charge in [0.2, 0.25) is 5.91 Å². The Kier molecular flexibility index (Phi) is 2.72. The second kappa shape index (κ2) is 3.62. The van der Waals surface area contributed by atoms with Crippen molar-refractivity contribution in [3.8, 4) is 0 Å². The summed E-state index contributed by atoms with van der Waals surface area (Å²) in [5.41, 5.74) is 13.9. The van der Waals surface area contributed by atoms with Crippen LogP contribution in [-0.2, 0) is 4.79 Å². The van der Waals surface area contributed by atoms with Crippen LogP contribution in [0.1, 0.15) is 29.4 Å². The Balaban J connectivity index is 2.81. The van der Waals surface area contributed by atoms with Gasteiger partial charge in [-0.05, 0) is 25.5 Å². The molecule has 1 rings (SSSR count). The molecule has 13 heavy (non-hydrogen) atoms. The molecule has 0 aliphatic rings. The topological polar surface area (TPSA) is 84.9 Å². The number of hydrogen-bond donors (Lipinski definition) is 3. The molecule has 1 aromatic rings. The number of carbonyl (C=O) groups excluding carboxylic acids is 1. The fourth-order valence-electron chi connectivity index (χ4n) is 1.45. The van der Waals surface area contributed by atoms with Crippen molar-refractivity contribution in [1.82, 2.24) is 4.98 Å². The summed E-state index contributed by atoms with van der Waals surface area (Å²) in [4.78, 5) is 13.7. The SMILES string of the molecule is Cc1cc(C)c(C(N)CC(N)=O)[nH]1. The van der Waals surface area contributed by atoms with E-state index in [4.69, 9.17) is 11.5 Å². The molecule has 0 spiro atoms. The van der Waals surface area contributed by atoms with Crippen molar-refractivity contribution in [2.24, 2.45) is 11.5 Å². The standard InChI is InChI=1S/C9H15N3O/c1-5-3-6(2)12-9(5)7(10)4-8(11)13/h3,7,12H,4,10H2,1-2H3,(H2,11,13). The summed E-state index contributed by atoms with van der Waals surface area (Å²) in [7, 11) is 0. The first-order chi connectivity index (χ1) is 6.00. The lowest BCUT2D eigenvalue weighted by Gasteiger charge is -2.08. The molecular formula is C9H15N3O. The third-order valence-electron chi connectivity index (χ3n) is 1.98. The van der Waals surface area contributed by atoms with Gasteiger partial charge >= 0.3 is 0 Å². The minimum atomic E-state index is -0.376. The van der Waals surface area contributed by atoms with Gasteiger partial charge in [0.05, 0.1) is 6.04 Å². The fraction of sp³-hybridized carbons (Fsp3) is 0.444. The van der Waals surface area contributed by atoms with E-state index < -0.39 is 0 Å². The van der Waals surface area contributed by atoms with E-state index in [-0.39, 0.29) is 18.4 Å². The second-order valence-electron chi connectivity index (χ2n) is 3.33. The molecule has 5 N–H and O–H groups in total. The minimum absolute atomic E-state index is 0.181. The zero-order valence-electron chi connectivity index (χ0n) is 7.92. The Morgan fingerprint density at radius 2 is 2.23 bits per heavy atom. The molecule has 0 aliphatic carbocycles. The van der Waals surface area contributed by atoms with E-state index in [0.29, 0.717) is 0 Å². The predicted molar refractivity (Wildman–Crippen MR) is 51.0 cm³/mol. The Bertz CT molecular complexity index is 317. The van der Waals surface area contributed by atoms with Crippen LogP contribution >= 0.6 is 0 Å². The van der Waals surface area contributed by atoms with Gasteiger partial charge in [0, 0.05) is 17.8 Å². The van der Waals surface area contributed by atoms with E-state index >= 15 is 0 Å². The molecule has 0 bridgehead atoms. The third-order valence-corrected chi connectivity index (χ3v) is 1.98. The third kappa shape index (κ3) is 2.32. The molecule has 0 aliphatic heterocycles. The van der Waals surface area contributed by atoms with Gasteiger partial charge in [-0.3, -0.25) is 4.79 Å². The maximum atomic E-state index is 10.6. The van der Waals surface area contributed by atoms with E-state index in [9.17, 15) is 4.79 Å². The van der Waals surface area contributed by atoms with Crippen LogP contribution in [-0.4, -0.2) is 10.9 Å². The molecule has 0 aromatic carbocycles. The predicted octanol–water partition coefficient (Wildman–Crippen LogP) is 0.507. The summed E-state index contributed by atoms with van der Waals surface area (Å²) >= 11 is 0. The molecule has 4 heteroatoms. The molecule has 4 nitrogen and oxygen atoms in total. The number of nitrogens with two attached hydrogens (primary N) is 2. The molecule has 0 radical (unpaired) electrons. The highest BCUT2D eigenvalue weighted by Crippen LogP contribution is 2.17. The van der Waals surface area contributed by atoms with Crippen molar-refractivity contribution in [2.75, 3.05) is 0 Å². The average molecular weight is 181 g/mol. The molecule has 1 amide bonds. The van der Waals surface area contributed by atoms with Crippen molar-refractivity contribution in [3.63, 3.8) is 0 Å². The minimum Gasteiger partial charge on any atom is -0.370 e. The van der Waals surface area contributed by atoms with Crippen molar-refractivity contribution in [3.05, 3.63) is 23.0 Å². The number of aryl methyl sites for hydroxylation is 2. The lowest BCUT2D eigenvalue weighted by atomic mass is 10.1. The quantitative estimate of drug-likeness (QED) is 0.634. The van der Waals surface area contributed by atoms with Crippen LogP contribution in [0, 0.1) is 13.8 Å². The van der Waals surface area contributed by atoms with Gasteiger partial charge in [-0.2, -0.15) is 0 Å². The molecule has 0 fully saturated rings.